The lowest BCUT2D eigenvalue weighted by atomic mass is 10.1. The second-order valence-corrected chi connectivity index (χ2v) is 4.32. The number of allylic oxidation sites excluding steroid dienone is 1. The van der Waals surface area contributed by atoms with E-state index in [-0.39, 0.29) is 11.3 Å². The first-order chi connectivity index (χ1) is 11.2. The van der Waals surface area contributed by atoms with Crippen LogP contribution in [-0.2, 0) is 0 Å². The number of nitrogens with zero attached hydrogens (tertiary/aromatic N) is 3. The lowest BCUT2D eigenvalue weighted by Crippen LogP contribution is -2.09. The Morgan fingerprint density at radius 1 is 1.13 bits per heavy atom. The van der Waals surface area contributed by atoms with Crippen molar-refractivity contribution < 1.29 is 14.3 Å². The first kappa shape index (κ1) is 15.7. The molecule has 0 unspecified atom stereocenters. The molecule has 0 saturated carbocycles. The van der Waals surface area contributed by atoms with E-state index in [0.717, 1.165) is 0 Å². The van der Waals surface area contributed by atoms with Gasteiger partial charge in [-0.1, -0.05) is 6.07 Å². The lowest BCUT2D eigenvalue weighted by Gasteiger charge is -2.10. The smallest absolute Gasteiger partial charge is 0.343 e. The molecular formula is C17H11N3O3. The van der Waals surface area contributed by atoms with Crippen molar-refractivity contribution in [3.63, 3.8) is 0 Å². The molecule has 1 aromatic heterocycles. The molecule has 0 aliphatic carbocycles. The zero-order valence-corrected chi connectivity index (χ0v) is 12.2. The van der Waals surface area contributed by atoms with E-state index in [1.807, 2.05) is 0 Å². The Bertz CT molecular complexity index is 814. The molecule has 6 heteroatoms. The van der Waals surface area contributed by atoms with Crippen molar-refractivity contribution in [2.45, 2.75) is 0 Å². The van der Waals surface area contributed by atoms with Crippen LogP contribution in [0.4, 0.5) is 0 Å². The summed E-state index contributed by atoms with van der Waals surface area (Å²) in [6, 6.07) is 11.4. The van der Waals surface area contributed by atoms with Crippen molar-refractivity contribution in [1.82, 2.24) is 4.98 Å². The van der Waals surface area contributed by atoms with E-state index < -0.39 is 5.97 Å². The molecule has 0 aliphatic heterocycles. The Morgan fingerprint density at radius 2 is 1.83 bits per heavy atom. The maximum atomic E-state index is 12.0. The van der Waals surface area contributed by atoms with E-state index in [1.54, 1.807) is 24.3 Å². The van der Waals surface area contributed by atoms with Gasteiger partial charge in [0.25, 0.3) is 0 Å². The summed E-state index contributed by atoms with van der Waals surface area (Å²) in [4.78, 5) is 15.9. The van der Waals surface area contributed by atoms with Crippen molar-refractivity contribution in [2.24, 2.45) is 0 Å². The molecule has 0 bridgehead atoms. The zero-order chi connectivity index (χ0) is 16.7. The normalized spacial score (nSPS) is 9.17. The van der Waals surface area contributed by atoms with Gasteiger partial charge in [0.15, 0.2) is 11.5 Å². The molecule has 0 saturated heterocycles. The van der Waals surface area contributed by atoms with Gasteiger partial charge in [0.2, 0.25) is 0 Å². The van der Waals surface area contributed by atoms with E-state index in [0.29, 0.717) is 16.9 Å². The number of rotatable bonds is 4. The van der Waals surface area contributed by atoms with Gasteiger partial charge in [-0.2, -0.15) is 10.5 Å². The fourth-order valence-electron chi connectivity index (χ4n) is 1.76. The van der Waals surface area contributed by atoms with Crippen LogP contribution < -0.4 is 9.47 Å². The molecule has 6 nitrogen and oxygen atoms in total. The fourth-order valence-corrected chi connectivity index (χ4v) is 1.76. The van der Waals surface area contributed by atoms with E-state index in [2.05, 4.69) is 4.98 Å². The number of carbonyl (C=O) groups is 1. The summed E-state index contributed by atoms with van der Waals surface area (Å²) in [6.45, 7) is 0. The monoisotopic (exact) mass is 305 g/mol. The van der Waals surface area contributed by atoms with Gasteiger partial charge in [-0.15, -0.1) is 0 Å². The van der Waals surface area contributed by atoms with Crippen molar-refractivity contribution >= 4 is 12.0 Å². The maximum absolute atomic E-state index is 12.0. The van der Waals surface area contributed by atoms with E-state index in [9.17, 15) is 4.79 Å². The highest BCUT2D eigenvalue weighted by atomic mass is 16.6. The van der Waals surface area contributed by atoms with Crippen LogP contribution >= 0.6 is 0 Å². The number of esters is 1. The van der Waals surface area contributed by atoms with E-state index in [4.69, 9.17) is 20.0 Å². The van der Waals surface area contributed by atoms with Gasteiger partial charge < -0.3 is 9.47 Å². The Kier molecular flexibility index (Phi) is 5.06. The highest BCUT2D eigenvalue weighted by Crippen LogP contribution is 2.29. The molecule has 2 aromatic rings. The Labute approximate surface area is 132 Å². The van der Waals surface area contributed by atoms with Crippen LogP contribution in [0.2, 0.25) is 0 Å². The molecule has 0 amide bonds. The number of hydrogen-bond acceptors (Lipinski definition) is 6. The van der Waals surface area contributed by atoms with E-state index in [1.165, 1.54) is 43.8 Å². The van der Waals surface area contributed by atoms with E-state index >= 15 is 0 Å². The third-order valence-electron chi connectivity index (χ3n) is 2.86. The standard InChI is InChI=1S/C17H11N3O3/c1-22-16-9-12(8-13(10-18)11-19)2-3-15(16)23-17(21)14-4-6-20-7-5-14/h2-9H,1H3. The minimum absolute atomic E-state index is 0.0337. The van der Waals surface area contributed by atoms with Crippen molar-refractivity contribution in [3.8, 4) is 23.6 Å². The second kappa shape index (κ2) is 7.39. The summed E-state index contributed by atoms with van der Waals surface area (Å²) in [5.74, 6) is 0.0158. The van der Waals surface area contributed by atoms with Crippen LogP contribution in [-0.4, -0.2) is 18.1 Å². The predicted molar refractivity (Wildman–Crippen MR) is 81.4 cm³/mol. The second-order valence-electron chi connectivity index (χ2n) is 4.32. The Balaban J connectivity index is 2.28. The van der Waals surface area contributed by atoms with Crippen LogP contribution in [0, 0.1) is 22.7 Å². The number of ether oxygens (including phenoxy) is 2. The van der Waals surface area contributed by atoms with Crippen LogP contribution in [0.15, 0.2) is 48.3 Å². The molecule has 2 rings (SSSR count). The minimum atomic E-state index is -0.538. The largest absolute Gasteiger partial charge is 0.493 e. The average molecular weight is 305 g/mol. The molecule has 0 N–H and O–H groups in total. The topological polar surface area (TPSA) is 96.0 Å². The molecule has 1 aromatic carbocycles. The third kappa shape index (κ3) is 3.93. The van der Waals surface area contributed by atoms with Gasteiger partial charge in [-0.05, 0) is 35.9 Å². The number of benzene rings is 1. The van der Waals surface area contributed by atoms with Crippen LogP contribution in [0.25, 0.3) is 6.08 Å². The molecule has 23 heavy (non-hydrogen) atoms. The predicted octanol–water partition coefficient (Wildman–Crippen LogP) is 2.74. The van der Waals surface area contributed by atoms with Crippen LogP contribution in [0.5, 0.6) is 11.5 Å². The van der Waals surface area contributed by atoms with Gasteiger partial charge in [-0.25, -0.2) is 4.79 Å². The third-order valence-corrected chi connectivity index (χ3v) is 2.86. The molecule has 0 spiro atoms. The lowest BCUT2D eigenvalue weighted by molar-refractivity contribution is 0.0729. The summed E-state index contributed by atoms with van der Waals surface area (Å²) in [5, 5.41) is 17.5. The molecule has 1 heterocycles. The molecule has 0 atom stereocenters. The fraction of sp³-hybridized carbons (Fsp3) is 0.0588. The Hall–Kier alpha value is -3.64. The maximum Gasteiger partial charge on any atom is 0.343 e. The van der Waals surface area contributed by atoms with Crippen LogP contribution in [0.1, 0.15) is 15.9 Å². The van der Waals surface area contributed by atoms with Gasteiger partial charge in [0, 0.05) is 12.4 Å². The van der Waals surface area contributed by atoms with Crippen molar-refractivity contribution in [3.05, 3.63) is 59.4 Å². The molecular weight excluding hydrogens is 294 g/mol. The van der Waals surface area contributed by atoms with Crippen molar-refractivity contribution in [1.29, 1.82) is 10.5 Å². The quantitative estimate of drug-likeness (QED) is 0.489. The summed E-state index contributed by atoms with van der Waals surface area (Å²) in [6.07, 6.45) is 4.40. The number of hydrogen-bond donors (Lipinski definition) is 0. The van der Waals surface area contributed by atoms with Gasteiger partial charge >= 0.3 is 5.97 Å². The highest BCUT2D eigenvalue weighted by molar-refractivity contribution is 5.91. The highest BCUT2D eigenvalue weighted by Gasteiger charge is 2.12. The Morgan fingerprint density at radius 3 is 2.43 bits per heavy atom. The number of pyridine rings is 1. The van der Waals surface area contributed by atoms with Gasteiger partial charge in [0.1, 0.15) is 17.7 Å². The number of carbonyl (C=O) groups excluding carboxylic acids is 1. The summed E-state index contributed by atoms with van der Waals surface area (Å²) in [7, 11) is 1.43. The summed E-state index contributed by atoms with van der Waals surface area (Å²) < 4.78 is 10.5. The molecule has 0 aliphatic rings. The molecule has 112 valence electrons. The molecule has 0 fully saturated rings. The van der Waals surface area contributed by atoms with Gasteiger partial charge in [-0.3, -0.25) is 4.98 Å². The first-order valence-corrected chi connectivity index (χ1v) is 6.50. The molecule has 0 radical (unpaired) electrons. The zero-order valence-electron chi connectivity index (χ0n) is 12.2. The number of nitriles is 2. The SMILES string of the molecule is COc1cc(C=C(C#N)C#N)ccc1OC(=O)c1ccncc1. The average Bonchev–Trinajstić information content (AvgIpc) is 2.61. The number of aromatic nitrogens is 1. The first-order valence-electron chi connectivity index (χ1n) is 6.50. The van der Waals surface area contributed by atoms with Crippen molar-refractivity contribution in [2.75, 3.05) is 7.11 Å². The van der Waals surface area contributed by atoms with Gasteiger partial charge in [0.05, 0.1) is 12.7 Å². The minimum Gasteiger partial charge on any atom is -0.493 e. The number of methoxy groups -OCH3 is 1. The summed E-state index contributed by atoms with van der Waals surface area (Å²) in [5.41, 5.74) is 0.916. The van der Waals surface area contributed by atoms with Crippen LogP contribution in [0.3, 0.4) is 0 Å². The summed E-state index contributed by atoms with van der Waals surface area (Å²) >= 11 is 0.